The minimum atomic E-state index is -0.381. The molecule has 3 rings (SSSR count). The SMILES string of the molecule is CCC(C(=O)NCCN1CCCC1)c1cc(-c2ccc(Cl)cc2)n(O)n1. The molecule has 1 unspecified atom stereocenters. The Kier molecular flexibility index (Phi) is 6.16. The standard InChI is InChI=1S/C19H25ClN4O2/c1-2-16(19(25)21-9-12-23-10-3-4-11-23)17-13-18(24(26)22-17)14-5-7-15(20)8-6-14/h5-8,13,16,26H,2-4,9-12H2,1H3,(H,21,25). The molecule has 0 aliphatic carbocycles. The van der Waals surface area contributed by atoms with Crippen molar-refractivity contribution in [1.29, 1.82) is 0 Å². The number of hydrogen-bond acceptors (Lipinski definition) is 4. The van der Waals surface area contributed by atoms with E-state index in [-0.39, 0.29) is 11.8 Å². The van der Waals surface area contributed by atoms with Crippen molar-refractivity contribution in [3.05, 3.63) is 41.0 Å². The number of carbonyl (C=O) groups is 1. The van der Waals surface area contributed by atoms with E-state index < -0.39 is 0 Å². The van der Waals surface area contributed by atoms with E-state index in [4.69, 9.17) is 11.6 Å². The Balaban J connectivity index is 1.66. The molecule has 2 aromatic rings. The average Bonchev–Trinajstić information content (AvgIpc) is 3.26. The molecule has 26 heavy (non-hydrogen) atoms. The van der Waals surface area contributed by atoms with Gasteiger partial charge < -0.3 is 15.4 Å². The molecule has 2 heterocycles. The summed E-state index contributed by atoms with van der Waals surface area (Å²) in [5.74, 6) is -0.430. The second-order valence-corrected chi connectivity index (χ2v) is 7.09. The average molecular weight is 377 g/mol. The molecular weight excluding hydrogens is 352 g/mol. The van der Waals surface area contributed by atoms with Crippen LogP contribution in [0.4, 0.5) is 0 Å². The number of likely N-dealkylation sites (tertiary alicyclic amines) is 1. The van der Waals surface area contributed by atoms with Gasteiger partial charge in [0.1, 0.15) is 5.69 Å². The highest BCUT2D eigenvalue weighted by Crippen LogP contribution is 2.26. The number of nitrogens with one attached hydrogen (secondary N) is 1. The van der Waals surface area contributed by atoms with E-state index in [1.165, 1.54) is 12.8 Å². The van der Waals surface area contributed by atoms with E-state index in [0.29, 0.717) is 29.4 Å². The van der Waals surface area contributed by atoms with Gasteiger partial charge in [-0.1, -0.05) is 30.7 Å². The summed E-state index contributed by atoms with van der Waals surface area (Å²) < 4.78 is 0. The van der Waals surface area contributed by atoms with Gasteiger partial charge in [-0.2, -0.15) is 0 Å². The van der Waals surface area contributed by atoms with Crippen molar-refractivity contribution in [3.8, 4) is 11.3 Å². The quantitative estimate of drug-likeness (QED) is 0.728. The Labute approximate surface area is 158 Å². The summed E-state index contributed by atoms with van der Waals surface area (Å²) >= 11 is 5.91. The fourth-order valence-electron chi connectivity index (χ4n) is 3.38. The molecule has 1 aliphatic heterocycles. The second-order valence-electron chi connectivity index (χ2n) is 6.65. The van der Waals surface area contributed by atoms with Gasteiger partial charge >= 0.3 is 0 Å². The highest BCUT2D eigenvalue weighted by molar-refractivity contribution is 6.30. The maximum Gasteiger partial charge on any atom is 0.229 e. The molecule has 140 valence electrons. The van der Waals surface area contributed by atoms with Gasteiger partial charge in [0.2, 0.25) is 5.91 Å². The normalized spacial score (nSPS) is 15.9. The summed E-state index contributed by atoms with van der Waals surface area (Å²) in [5.41, 5.74) is 1.90. The summed E-state index contributed by atoms with van der Waals surface area (Å²) in [5, 5.41) is 17.9. The first kappa shape index (κ1) is 18.7. The summed E-state index contributed by atoms with van der Waals surface area (Å²) in [7, 11) is 0. The molecule has 1 aliphatic rings. The van der Waals surface area contributed by atoms with E-state index in [0.717, 1.165) is 30.0 Å². The van der Waals surface area contributed by atoms with Gasteiger partial charge in [0, 0.05) is 23.7 Å². The summed E-state index contributed by atoms with van der Waals surface area (Å²) in [6, 6.07) is 8.90. The van der Waals surface area contributed by atoms with Crippen LogP contribution in [0, 0.1) is 0 Å². The van der Waals surface area contributed by atoms with E-state index in [1.807, 2.05) is 19.1 Å². The minimum absolute atomic E-state index is 0.0487. The lowest BCUT2D eigenvalue weighted by molar-refractivity contribution is -0.122. The summed E-state index contributed by atoms with van der Waals surface area (Å²) in [6.45, 7) is 5.70. The number of halogens is 1. The van der Waals surface area contributed by atoms with E-state index in [2.05, 4.69) is 15.3 Å². The number of aromatic nitrogens is 2. The molecular formula is C19H25ClN4O2. The molecule has 6 nitrogen and oxygen atoms in total. The van der Waals surface area contributed by atoms with Crippen LogP contribution >= 0.6 is 11.6 Å². The molecule has 1 amide bonds. The van der Waals surface area contributed by atoms with Crippen molar-refractivity contribution in [2.45, 2.75) is 32.1 Å². The van der Waals surface area contributed by atoms with E-state index >= 15 is 0 Å². The van der Waals surface area contributed by atoms with Gasteiger partial charge in [-0.3, -0.25) is 4.79 Å². The molecule has 0 bridgehead atoms. The van der Waals surface area contributed by atoms with Gasteiger partial charge in [0.15, 0.2) is 0 Å². The Morgan fingerprint density at radius 1 is 1.31 bits per heavy atom. The first-order chi connectivity index (χ1) is 12.6. The Morgan fingerprint density at radius 3 is 2.65 bits per heavy atom. The van der Waals surface area contributed by atoms with Crippen molar-refractivity contribution in [1.82, 2.24) is 20.2 Å². The van der Waals surface area contributed by atoms with Crippen molar-refractivity contribution in [2.24, 2.45) is 0 Å². The zero-order valence-electron chi connectivity index (χ0n) is 15.0. The lowest BCUT2D eigenvalue weighted by Gasteiger charge is -2.17. The maximum absolute atomic E-state index is 12.6. The van der Waals surface area contributed by atoms with Gasteiger partial charge in [-0.25, -0.2) is 0 Å². The Morgan fingerprint density at radius 2 is 2.00 bits per heavy atom. The highest BCUT2D eigenvalue weighted by atomic mass is 35.5. The third-order valence-electron chi connectivity index (χ3n) is 4.86. The van der Waals surface area contributed by atoms with Crippen LogP contribution in [-0.2, 0) is 4.79 Å². The van der Waals surface area contributed by atoms with Crippen LogP contribution in [-0.4, -0.2) is 52.1 Å². The van der Waals surface area contributed by atoms with Crippen LogP contribution in [0.25, 0.3) is 11.3 Å². The molecule has 1 aromatic heterocycles. The van der Waals surface area contributed by atoms with Gasteiger partial charge in [0.25, 0.3) is 0 Å². The van der Waals surface area contributed by atoms with Crippen LogP contribution in [0.5, 0.6) is 0 Å². The largest absolute Gasteiger partial charge is 0.411 e. The molecule has 0 spiro atoms. The predicted octanol–water partition coefficient (Wildman–Crippen LogP) is 3.15. The van der Waals surface area contributed by atoms with Crippen LogP contribution in [0.3, 0.4) is 0 Å². The first-order valence-corrected chi connectivity index (χ1v) is 9.51. The van der Waals surface area contributed by atoms with Crippen molar-refractivity contribution in [2.75, 3.05) is 26.2 Å². The lowest BCUT2D eigenvalue weighted by Crippen LogP contribution is -2.36. The molecule has 0 saturated carbocycles. The van der Waals surface area contributed by atoms with Crippen molar-refractivity contribution >= 4 is 17.5 Å². The van der Waals surface area contributed by atoms with Gasteiger partial charge in [-0.15, -0.1) is 9.94 Å². The number of amides is 1. The topological polar surface area (TPSA) is 70.4 Å². The van der Waals surface area contributed by atoms with E-state index in [9.17, 15) is 10.0 Å². The maximum atomic E-state index is 12.6. The van der Waals surface area contributed by atoms with Crippen LogP contribution in [0.15, 0.2) is 30.3 Å². The number of carbonyl (C=O) groups excluding carboxylic acids is 1. The van der Waals surface area contributed by atoms with Crippen molar-refractivity contribution in [3.63, 3.8) is 0 Å². The molecule has 1 atom stereocenters. The fourth-order valence-corrected chi connectivity index (χ4v) is 3.50. The van der Waals surface area contributed by atoms with Gasteiger partial charge in [0.05, 0.1) is 11.6 Å². The molecule has 1 saturated heterocycles. The molecule has 7 heteroatoms. The lowest BCUT2D eigenvalue weighted by atomic mass is 10.0. The zero-order chi connectivity index (χ0) is 18.5. The van der Waals surface area contributed by atoms with Crippen LogP contribution < -0.4 is 5.32 Å². The van der Waals surface area contributed by atoms with E-state index in [1.54, 1.807) is 18.2 Å². The molecule has 1 fully saturated rings. The number of hydrogen-bond donors (Lipinski definition) is 2. The fraction of sp³-hybridized carbons (Fsp3) is 0.474. The monoisotopic (exact) mass is 376 g/mol. The third-order valence-corrected chi connectivity index (χ3v) is 5.11. The van der Waals surface area contributed by atoms with Crippen LogP contribution in [0.2, 0.25) is 5.02 Å². The number of nitrogens with zero attached hydrogens (tertiary/aromatic N) is 3. The predicted molar refractivity (Wildman–Crippen MR) is 102 cm³/mol. The van der Waals surface area contributed by atoms with Crippen molar-refractivity contribution < 1.29 is 10.0 Å². The molecule has 2 N–H and O–H groups in total. The summed E-state index contributed by atoms with van der Waals surface area (Å²) in [4.78, 5) is 15.8. The first-order valence-electron chi connectivity index (χ1n) is 9.13. The highest BCUT2D eigenvalue weighted by Gasteiger charge is 2.23. The van der Waals surface area contributed by atoms with Crippen LogP contribution in [0.1, 0.15) is 37.8 Å². The number of rotatable bonds is 7. The third kappa shape index (κ3) is 4.37. The molecule has 1 aromatic carbocycles. The Bertz CT molecular complexity index is 738. The Hall–Kier alpha value is -2.05. The smallest absolute Gasteiger partial charge is 0.229 e. The van der Waals surface area contributed by atoms with Gasteiger partial charge in [-0.05, 0) is 50.6 Å². The zero-order valence-corrected chi connectivity index (χ0v) is 15.7. The minimum Gasteiger partial charge on any atom is -0.411 e. The number of benzene rings is 1. The summed E-state index contributed by atoms with van der Waals surface area (Å²) in [6.07, 6.45) is 3.10. The second kappa shape index (κ2) is 8.56. The molecule has 0 radical (unpaired) electrons.